The number of fused-ring (bicyclic) bond motifs is 2. The fourth-order valence-corrected chi connectivity index (χ4v) is 2.97. The second-order valence-corrected chi connectivity index (χ2v) is 5.84. The number of aliphatic hydroxyl groups excluding tert-OH is 1. The molecule has 6 heteroatoms. The average Bonchev–Trinajstić information content (AvgIpc) is 3.07. The molecule has 2 heterocycles. The third-order valence-electron chi connectivity index (χ3n) is 4.26. The highest BCUT2D eigenvalue weighted by Crippen LogP contribution is 2.44. The molecule has 0 radical (unpaired) electrons. The molecule has 2 aromatic heterocycles. The number of methoxy groups -OCH3 is 3. The van der Waals surface area contributed by atoms with E-state index < -0.39 is 6.10 Å². The number of hydrogen-bond donors (Lipinski definition) is 1. The van der Waals surface area contributed by atoms with E-state index in [4.69, 9.17) is 18.6 Å². The Kier molecular flexibility index (Phi) is 4.55. The zero-order valence-electron chi connectivity index (χ0n) is 14.8. The molecule has 6 nitrogen and oxygen atoms in total. The van der Waals surface area contributed by atoms with Crippen molar-refractivity contribution in [2.45, 2.75) is 19.4 Å². The summed E-state index contributed by atoms with van der Waals surface area (Å²) in [6.07, 6.45) is 1.14. The van der Waals surface area contributed by atoms with E-state index in [1.165, 1.54) is 0 Å². The van der Waals surface area contributed by atoms with Gasteiger partial charge < -0.3 is 23.7 Å². The van der Waals surface area contributed by atoms with Crippen LogP contribution in [0.5, 0.6) is 17.2 Å². The third-order valence-corrected chi connectivity index (χ3v) is 4.26. The minimum atomic E-state index is -0.728. The Bertz CT molecular complexity index is 944. The fraction of sp³-hybridized carbons (Fsp3) is 0.316. The van der Waals surface area contributed by atoms with E-state index in [0.29, 0.717) is 40.5 Å². The van der Waals surface area contributed by atoms with Crippen molar-refractivity contribution in [3.8, 4) is 17.2 Å². The van der Waals surface area contributed by atoms with Gasteiger partial charge >= 0.3 is 0 Å². The molecule has 0 saturated carbocycles. The second kappa shape index (κ2) is 6.64. The zero-order chi connectivity index (χ0) is 18.1. The van der Waals surface area contributed by atoms with Gasteiger partial charge in [-0.05, 0) is 13.0 Å². The summed E-state index contributed by atoms with van der Waals surface area (Å²) in [6, 6.07) is 3.57. The monoisotopic (exact) mass is 343 g/mol. The highest BCUT2D eigenvalue weighted by molar-refractivity contribution is 6.02. The molecule has 0 spiro atoms. The van der Waals surface area contributed by atoms with Crippen LogP contribution in [0.25, 0.3) is 22.0 Å². The van der Waals surface area contributed by atoms with Gasteiger partial charge in [-0.3, -0.25) is 0 Å². The van der Waals surface area contributed by atoms with Gasteiger partial charge in [0.05, 0.1) is 50.0 Å². The molecule has 132 valence electrons. The maximum atomic E-state index is 10.4. The van der Waals surface area contributed by atoms with Crippen LogP contribution in [-0.4, -0.2) is 37.5 Å². The van der Waals surface area contributed by atoms with Gasteiger partial charge in [0.15, 0.2) is 11.5 Å². The molecule has 1 N–H and O–H groups in total. The lowest BCUT2D eigenvalue weighted by Gasteiger charge is -2.19. The molecule has 1 aromatic carbocycles. The first-order chi connectivity index (χ1) is 12.0. The number of pyridine rings is 1. The molecule has 0 saturated heterocycles. The molecule has 0 amide bonds. The van der Waals surface area contributed by atoms with Gasteiger partial charge in [0.2, 0.25) is 5.71 Å². The third kappa shape index (κ3) is 2.78. The lowest BCUT2D eigenvalue weighted by atomic mass is 9.96. The first-order valence-corrected chi connectivity index (χ1v) is 7.84. The standard InChI is InChI=1S/C19H21NO5/c1-10(2)14(21)8-12-16-13(9-15(22-3)17(12)23-4)20-19-11(6-7-25-19)18(16)24-5/h6-7,9,14,21H,1,8H2,2-5H3/t14-/m1/s1. The van der Waals surface area contributed by atoms with Crippen molar-refractivity contribution in [1.29, 1.82) is 0 Å². The molecule has 0 bridgehead atoms. The van der Waals surface area contributed by atoms with Crippen LogP contribution in [0.3, 0.4) is 0 Å². The van der Waals surface area contributed by atoms with Crippen LogP contribution in [0.15, 0.2) is 35.0 Å². The number of rotatable bonds is 6. The number of ether oxygens (including phenoxy) is 3. The highest BCUT2D eigenvalue weighted by atomic mass is 16.5. The maximum absolute atomic E-state index is 10.4. The van der Waals surface area contributed by atoms with Crippen molar-refractivity contribution in [3.63, 3.8) is 0 Å². The largest absolute Gasteiger partial charge is 0.495 e. The summed E-state index contributed by atoms with van der Waals surface area (Å²) in [5, 5.41) is 11.9. The number of nitrogens with zero attached hydrogens (tertiary/aromatic N) is 1. The topological polar surface area (TPSA) is 74.0 Å². The summed E-state index contributed by atoms with van der Waals surface area (Å²) in [5.41, 5.74) is 2.53. The molecule has 0 fully saturated rings. The molecular weight excluding hydrogens is 322 g/mol. The van der Waals surface area contributed by atoms with Crippen molar-refractivity contribution >= 4 is 22.0 Å². The van der Waals surface area contributed by atoms with E-state index >= 15 is 0 Å². The highest BCUT2D eigenvalue weighted by Gasteiger charge is 2.24. The second-order valence-electron chi connectivity index (χ2n) is 5.84. The molecule has 0 aliphatic carbocycles. The summed E-state index contributed by atoms with van der Waals surface area (Å²) >= 11 is 0. The first-order valence-electron chi connectivity index (χ1n) is 7.84. The Morgan fingerprint density at radius 2 is 1.96 bits per heavy atom. The molecule has 25 heavy (non-hydrogen) atoms. The number of hydrogen-bond acceptors (Lipinski definition) is 6. The van der Waals surface area contributed by atoms with Gasteiger partial charge in [-0.2, -0.15) is 0 Å². The van der Waals surface area contributed by atoms with Crippen LogP contribution in [0.1, 0.15) is 12.5 Å². The van der Waals surface area contributed by atoms with Crippen molar-refractivity contribution in [1.82, 2.24) is 4.98 Å². The molecular formula is C19H21NO5. The smallest absolute Gasteiger partial charge is 0.230 e. The molecule has 1 atom stereocenters. The first kappa shape index (κ1) is 17.1. The van der Waals surface area contributed by atoms with Gasteiger partial charge in [-0.15, -0.1) is 0 Å². The van der Waals surface area contributed by atoms with Crippen LogP contribution in [0.4, 0.5) is 0 Å². The van der Waals surface area contributed by atoms with Crippen molar-refractivity contribution in [2.75, 3.05) is 21.3 Å². The predicted octanol–water partition coefficient (Wildman–Crippen LogP) is 3.49. The number of benzene rings is 1. The summed E-state index contributed by atoms with van der Waals surface area (Å²) in [5.74, 6) is 1.69. The quantitative estimate of drug-likeness (QED) is 0.691. The Labute approximate surface area is 145 Å². The molecule has 0 aliphatic heterocycles. The Hall–Kier alpha value is -2.73. The zero-order valence-corrected chi connectivity index (χ0v) is 14.8. The summed E-state index contributed by atoms with van der Waals surface area (Å²) in [4.78, 5) is 4.56. The Morgan fingerprint density at radius 1 is 1.24 bits per heavy atom. The fourth-order valence-electron chi connectivity index (χ4n) is 2.97. The summed E-state index contributed by atoms with van der Waals surface area (Å²) in [6.45, 7) is 5.61. The molecule has 3 aromatic rings. The van der Waals surface area contributed by atoms with Gasteiger partial charge in [-0.25, -0.2) is 4.98 Å². The van der Waals surface area contributed by atoms with E-state index in [2.05, 4.69) is 11.6 Å². The SMILES string of the molecule is C=C(C)[C@H](O)Cc1c(OC)c(OC)cc2nc3occc3c(OC)c12. The predicted molar refractivity (Wildman–Crippen MR) is 95.7 cm³/mol. The molecule has 3 rings (SSSR count). The van der Waals surface area contributed by atoms with Crippen LogP contribution in [0.2, 0.25) is 0 Å². The van der Waals surface area contributed by atoms with E-state index in [-0.39, 0.29) is 0 Å². The van der Waals surface area contributed by atoms with Gasteiger partial charge in [0.25, 0.3) is 0 Å². The lowest BCUT2D eigenvalue weighted by molar-refractivity contribution is 0.210. The summed E-state index contributed by atoms with van der Waals surface area (Å²) in [7, 11) is 4.72. The van der Waals surface area contributed by atoms with Crippen LogP contribution >= 0.6 is 0 Å². The minimum absolute atomic E-state index is 0.299. The Balaban J connectivity index is 2.43. The van der Waals surface area contributed by atoms with Crippen molar-refractivity contribution in [2.24, 2.45) is 0 Å². The average molecular weight is 343 g/mol. The van der Waals surface area contributed by atoms with E-state index in [1.54, 1.807) is 46.6 Å². The van der Waals surface area contributed by atoms with Crippen LogP contribution < -0.4 is 14.2 Å². The van der Waals surface area contributed by atoms with Gasteiger partial charge in [0, 0.05) is 18.1 Å². The van der Waals surface area contributed by atoms with E-state index in [1.807, 2.05) is 0 Å². The van der Waals surface area contributed by atoms with Crippen LogP contribution in [0, 0.1) is 0 Å². The van der Waals surface area contributed by atoms with Gasteiger partial charge in [-0.1, -0.05) is 12.2 Å². The van der Waals surface area contributed by atoms with Crippen molar-refractivity contribution in [3.05, 3.63) is 36.1 Å². The molecule has 0 aliphatic rings. The number of furan rings is 1. The Morgan fingerprint density at radius 3 is 2.56 bits per heavy atom. The normalized spacial score (nSPS) is 12.4. The lowest BCUT2D eigenvalue weighted by Crippen LogP contribution is -2.13. The van der Waals surface area contributed by atoms with Gasteiger partial charge in [0.1, 0.15) is 5.75 Å². The molecule has 0 unspecified atom stereocenters. The summed E-state index contributed by atoms with van der Waals surface area (Å²) < 4.78 is 22.1. The number of aromatic nitrogens is 1. The van der Waals surface area contributed by atoms with E-state index in [9.17, 15) is 5.11 Å². The van der Waals surface area contributed by atoms with E-state index in [0.717, 1.165) is 16.3 Å². The van der Waals surface area contributed by atoms with Crippen molar-refractivity contribution < 1.29 is 23.7 Å². The number of aliphatic hydroxyl groups is 1. The minimum Gasteiger partial charge on any atom is -0.495 e. The maximum Gasteiger partial charge on any atom is 0.230 e. The van der Waals surface area contributed by atoms with Crippen LogP contribution in [-0.2, 0) is 6.42 Å².